The second kappa shape index (κ2) is 8.71. The standard InChI is InChI=1S/C18H28F2N2O/c1-21(2)9-3-4-14-7-10-22(11-8-14)13-18(23)15-5-6-16(19)17(20)12-15/h5-6,12,14,18,23H,3-4,7-11,13H2,1-2H3. The van der Waals surface area contributed by atoms with Crippen LogP contribution in [0, 0.1) is 17.6 Å². The van der Waals surface area contributed by atoms with Crippen molar-refractivity contribution in [3.63, 3.8) is 0 Å². The van der Waals surface area contributed by atoms with E-state index in [-0.39, 0.29) is 0 Å². The van der Waals surface area contributed by atoms with Crippen LogP contribution >= 0.6 is 0 Å². The van der Waals surface area contributed by atoms with Gasteiger partial charge in [-0.15, -0.1) is 0 Å². The fraction of sp³-hybridized carbons (Fsp3) is 0.667. The molecule has 2 rings (SSSR count). The lowest BCUT2D eigenvalue weighted by Gasteiger charge is -2.33. The third-order valence-corrected chi connectivity index (χ3v) is 4.68. The number of likely N-dealkylation sites (tertiary alicyclic amines) is 1. The lowest BCUT2D eigenvalue weighted by atomic mass is 9.92. The molecule has 0 spiro atoms. The molecule has 0 bridgehead atoms. The second-order valence-electron chi connectivity index (χ2n) is 6.88. The van der Waals surface area contributed by atoms with Crippen molar-refractivity contribution in [2.45, 2.75) is 31.8 Å². The first-order valence-electron chi connectivity index (χ1n) is 8.46. The quantitative estimate of drug-likeness (QED) is 0.834. The van der Waals surface area contributed by atoms with Gasteiger partial charge in [0, 0.05) is 6.54 Å². The van der Waals surface area contributed by atoms with Gasteiger partial charge in [0.2, 0.25) is 0 Å². The Hall–Kier alpha value is -1.04. The summed E-state index contributed by atoms with van der Waals surface area (Å²) in [4.78, 5) is 4.43. The number of aliphatic hydroxyl groups is 1. The minimum Gasteiger partial charge on any atom is -0.387 e. The summed E-state index contributed by atoms with van der Waals surface area (Å²) < 4.78 is 26.2. The second-order valence-corrected chi connectivity index (χ2v) is 6.88. The molecule has 1 unspecified atom stereocenters. The highest BCUT2D eigenvalue weighted by Gasteiger charge is 2.21. The fourth-order valence-electron chi connectivity index (χ4n) is 3.22. The predicted molar refractivity (Wildman–Crippen MR) is 88.3 cm³/mol. The van der Waals surface area contributed by atoms with E-state index in [4.69, 9.17) is 0 Å². The maximum absolute atomic E-state index is 13.2. The minimum atomic E-state index is -0.902. The SMILES string of the molecule is CN(C)CCCC1CCN(CC(O)c2ccc(F)c(F)c2)CC1. The first kappa shape index (κ1) is 18.3. The van der Waals surface area contributed by atoms with E-state index in [2.05, 4.69) is 23.9 Å². The molecule has 1 aromatic carbocycles. The van der Waals surface area contributed by atoms with Gasteiger partial charge in [-0.2, -0.15) is 0 Å². The summed E-state index contributed by atoms with van der Waals surface area (Å²) >= 11 is 0. The van der Waals surface area contributed by atoms with Crippen molar-refractivity contribution in [1.82, 2.24) is 9.80 Å². The maximum Gasteiger partial charge on any atom is 0.159 e. The smallest absolute Gasteiger partial charge is 0.159 e. The van der Waals surface area contributed by atoms with Gasteiger partial charge in [-0.05, 0) is 83.0 Å². The Bertz CT molecular complexity index is 488. The highest BCUT2D eigenvalue weighted by molar-refractivity contribution is 5.20. The summed E-state index contributed by atoms with van der Waals surface area (Å²) in [6, 6.07) is 3.62. The average molecular weight is 326 g/mol. The summed E-state index contributed by atoms with van der Waals surface area (Å²) in [5, 5.41) is 10.2. The molecule has 1 aliphatic heterocycles. The number of piperidine rings is 1. The Kier molecular flexibility index (Phi) is 6.93. The molecular weight excluding hydrogens is 298 g/mol. The molecule has 0 saturated carbocycles. The number of hydrogen-bond acceptors (Lipinski definition) is 3. The van der Waals surface area contributed by atoms with E-state index in [0.717, 1.165) is 50.5 Å². The van der Waals surface area contributed by atoms with E-state index in [1.165, 1.54) is 18.9 Å². The van der Waals surface area contributed by atoms with Gasteiger partial charge < -0.3 is 14.9 Å². The Labute approximate surface area is 137 Å². The molecule has 1 aromatic rings. The van der Waals surface area contributed by atoms with Crippen molar-refractivity contribution in [1.29, 1.82) is 0 Å². The Morgan fingerprint density at radius 2 is 1.91 bits per heavy atom. The summed E-state index contributed by atoms with van der Waals surface area (Å²) in [7, 11) is 4.20. The van der Waals surface area contributed by atoms with Crippen LogP contribution in [0.5, 0.6) is 0 Å². The van der Waals surface area contributed by atoms with E-state index in [1.807, 2.05) is 0 Å². The lowest BCUT2D eigenvalue weighted by Crippen LogP contribution is -2.36. The zero-order chi connectivity index (χ0) is 16.8. The number of halogens is 2. The molecule has 23 heavy (non-hydrogen) atoms. The highest BCUT2D eigenvalue weighted by Crippen LogP contribution is 2.24. The van der Waals surface area contributed by atoms with Crippen LogP contribution in [0.4, 0.5) is 8.78 Å². The molecule has 0 radical (unpaired) electrons. The Morgan fingerprint density at radius 1 is 1.22 bits per heavy atom. The molecule has 1 heterocycles. The summed E-state index contributed by atoms with van der Waals surface area (Å²) in [5.41, 5.74) is 0.442. The molecule has 0 aromatic heterocycles. The summed E-state index contributed by atoms with van der Waals surface area (Å²) in [6.07, 6.45) is 4.03. The Morgan fingerprint density at radius 3 is 2.52 bits per heavy atom. The van der Waals surface area contributed by atoms with Crippen molar-refractivity contribution in [2.75, 3.05) is 40.3 Å². The third-order valence-electron chi connectivity index (χ3n) is 4.68. The van der Waals surface area contributed by atoms with Gasteiger partial charge in [-0.3, -0.25) is 0 Å². The minimum absolute atomic E-state index is 0.442. The van der Waals surface area contributed by atoms with Gasteiger partial charge in [0.15, 0.2) is 11.6 Å². The molecule has 0 amide bonds. The molecule has 1 N–H and O–H groups in total. The topological polar surface area (TPSA) is 26.7 Å². The number of rotatable bonds is 7. The van der Waals surface area contributed by atoms with Crippen LogP contribution in [0.3, 0.4) is 0 Å². The van der Waals surface area contributed by atoms with Crippen LogP contribution in [0.1, 0.15) is 37.4 Å². The summed E-state index contributed by atoms with van der Waals surface area (Å²) in [6.45, 7) is 3.55. The van der Waals surface area contributed by atoms with Gasteiger partial charge in [-0.1, -0.05) is 6.07 Å². The van der Waals surface area contributed by atoms with Crippen LogP contribution in [0.15, 0.2) is 18.2 Å². The van der Waals surface area contributed by atoms with E-state index >= 15 is 0 Å². The van der Waals surface area contributed by atoms with Crippen molar-refractivity contribution < 1.29 is 13.9 Å². The number of nitrogens with zero attached hydrogens (tertiary/aromatic N) is 2. The maximum atomic E-state index is 13.2. The molecule has 1 atom stereocenters. The van der Waals surface area contributed by atoms with Crippen LogP contribution < -0.4 is 0 Å². The van der Waals surface area contributed by atoms with Gasteiger partial charge in [0.1, 0.15) is 0 Å². The molecule has 130 valence electrons. The number of benzene rings is 1. The van der Waals surface area contributed by atoms with Gasteiger partial charge >= 0.3 is 0 Å². The van der Waals surface area contributed by atoms with Crippen LogP contribution in [-0.4, -0.2) is 55.2 Å². The van der Waals surface area contributed by atoms with Crippen LogP contribution in [0.2, 0.25) is 0 Å². The third kappa shape index (κ3) is 5.83. The largest absolute Gasteiger partial charge is 0.387 e. The van der Waals surface area contributed by atoms with Gasteiger partial charge in [-0.25, -0.2) is 8.78 Å². The lowest BCUT2D eigenvalue weighted by molar-refractivity contribution is 0.0871. The van der Waals surface area contributed by atoms with Gasteiger partial charge in [0.05, 0.1) is 6.10 Å². The van der Waals surface area contributed by atoms with Crippen LogP contribution in [-0.2, 0) is 0 Å². The van der Waals surface area contributed by atoms with Gasteiger partial charge in [0.25, 0.3) is 0 Å². The highest BCUT2D eigenvalue weighted by atomic mass is 19.2. The van der Waals surface area contributed by atoms with Crippen molar-refractivity contribution in [2.24, 2.45) is 5.92 Å². The van der Waals surface area contributed by atoms with Crippen molar-refractivity contribution >= 4 is 0 Å². The molecule has 1 saturated heterocycles. The molecule has 0 aliphatic carbocycles. The molecule has 5 heteroatoms. The fourth-order valence-corrected chi connectivity index (χ4v) is 3.22. The number of β-amino-alcohol motifs (C(OH)–C–C–N with tert-alkyl or cyclic N) is 1. The molecule has 3 nitrogen and oxygen atoms in total. The van der Waals surface area contributed by atoms with E-state index in [0.29, 0.717) is 12.1 Å². The van der Waals surface area contributed by atoms with E-state index in [1.54, 1.807) is 0 Å². The Balaban J connectivity index is 1.74. The first-order valence-corrected chi connectivity index (χ1v) is 8.46. The zero-order valence-electron chi connectivity index (χ0n) is 14.1. The van der Waals surface area contributed by atoms with E-state index in [9.17, 15) is 13.9 Å². The van der Waals surface area contributed by atoms with Crippen molar-refractivity contribution in [3.05, 3.63) is 35.4 Å². The molecule has 1 fully saturated rings. The number of hydrogen-bond donors (Lipinski definition) is 1. The first-order chi connectivity index (χ1) is 11.0. The van der Waals surface area contributed by atoms with E-state index < -0.39 is 17.7 Å². The average Bonchev–Trinajstić information content (AvgIpc) is 2.51. The van der Waals surface area contributed by atoms with Crippen molar-refractivity contribution in [3.8, 4) is 0 Å². The summed E-state index contributed by atoms with van der Waals surface area (Å²) in [5.74, 6) is -1.01. The number of aliphatic hydroxyl groups excluding tert-OH is 1. The molecular formula is C18H28F2N2O. The normalized spacial score (nSPS) is 18.5. The zero-order valence-corrected chi connectivity index (χ0v) is 14.1. The monoisotopic (exact) mass is 326 g/mol. The predicted octanol–water partition coefficient (Wildman–Crippen LogP) is 3.05. The molecule has 1 aliphatic rings. The van der Waals surface area contributed by atoms with Crippen LogP contribution in [0.25, 0.3) is 0 Å².